The standard InChI is InChI=1S/C17H26N2O4S/c1-4-23-15-5-7-16(8-6-15)24(21,22)19-11-9-18(10-12-19)17(20)13-14(2)3/h5-8,14H,4,9-13H2,1-3H3. The molecule has 7 heteroatoms. The van der Waals surface area contributed by atoms with Crippen molar-refractivity contribution < 1.29 is 17.9 Å². The first-order valence-electron chi connectivity index (χ1n) is 8.35. The molecule has 0 atom stereocenters. The third kappa shape index (κ3) is 4.48. The summed E-state index contributed by atoms with van der Waals surface area (Å²) in [7, 11) is -3.53. The second-order valence-corrected chi connectivity index (χ2v) is 8.23. The van der Waals surface area contributed by atoms with Gasteiger partial charge in [-0.05, 0) is 37.1 Å². The lowest BCUT2D eigenvalue weighted by atomic mass is 10.1. The van der Waals surface area contributed by atoms with Crippen LogP contribution >= 0.6 is 0 Å². The average molecular weight is 354 g/mol. The Balaban J connectivity index is 2.00. The smallest absolute Gasteiger partial charge is 0.243 e. The van der Waals surface area contributed by atoms with Crippen molar-refractivity contribution in [3.05, 3.63) is 24.3 Å². The summed E-state index contributed by atoms with van der Waals surface area (Å²) in [6.45, 7) is 7.99. The summed E-state index contributed by atoms with van der Waals surface area (Å²) in [6.07, 6.45) is 0.506. The van der Waals surface area contributed by atoms with Crippen molar-refractivity contribution in [1.82, 2.24) is 9.21 Å². The van der Waals surface area contributed by atoms with E-state index in [1.807, 2.05) is 20.8 Å². The number of ether oxygens (including phenoxy) is 1. The number of rotatable bonds is 6. The number of hydrogen-bond donors (Lipinski definition) is 0. The second-order valence-electron chi connectivity index (χ2n) is 6.29. The van der Waals surface area contributed by atoms with Crippen molar-refractivity contribution in [2.45, 2.75) is 32.1 Å². The van der Waals surface area contributed by atoms with E-state index in [9.17, 15) is 13.2 Å². The fraction of sp³-hybridized carbons (Fsp3) is 0.588. The first-order valence-corrected chi connectivity index (χ1v) is 9.79. The van der Waals surface area contributed by atoms with Gasteiger partial charge in [-0.2, -0.15) is 4.31 Å². The van der Waals surface area contributed by atoms with Crippen LogP contribution in [-0.2, 0) is 14.8 Å². The molecule has 1 amide bonds. The van der Waals surface area contributed by atoms with Gasteiger partial charge in [-0.1, -0.05) is 13.8 Å². The maximum Gasteiger partial charge on any atom is 0.243 e. The van der Waals surface area contributed by atoms with E-state index in [0.717, 1.165) is 0 Å². The van der Waals surface area contributed by atoms with E-state index in [2.05, 4.69) is 0 Å². The number of nitrogens with zero attached hydrogens (tertiary/aromatic N) is 2. The molecule has 6 nitrogen and oxygen atoms in total. The zero-order valence-electron chi connectivity index (χ0n) is 14.6. The molecule has 24 heavy (non-hydrogen) atoms. The summed E-state index contributed by atoms with van der Waals surface area (Å²) in [5.41, 5.74) is 0. The minimum Gasteiger partial charge on any atom is -0.494 e. The second kappa shape index (κ2) is 7.98. The van der Waals surface area contributed by atoms with E-state index in [0.29, 0.717) is 50.9 Å². The number of sulfonamides is 1. The third-order valence-electron chi connectivity index (χ3n) is 3.95. The number of carbonyl (C=O) groups excluding carboxylic acids is 1. The lowest BCUT2D eigenvalue weighted by molar-refractivity contribution is -0.133. The van der Waals surface area contributed by atoms with E-state index in [4.69, 9.17) is 4.74 Å². The monoisotopic (exact) mass is 354 g/mol. The molecule has 1 heterocycles. The molecule has 1 aromatic carbocycles. The number of carbonyl (C=O) groups is 1. The highest BCUT2D eigenvalue weighted by molar-refractivity contribution is 7.89. The fourth-order valence-corrected chi connectivity index (χ4v) is 4.10. The van der Waals surface area contributed by atoms with Crippen LogP contribution in [0.4, 0.5) is 0 Å². The van der Waals surface area contributed by atoms with Crippen LogP contribution in [0.2, 0.25) is 0 Å². The molecule has 2 rings (SSSR count). The van der Waals surface area contributed by atoms with Gasteiger partial charge in [0.2, 0.25) is 15.9 Å². The normalized spacial score (nSPS) is 16.4. The van der Waals surface area contributed by atoms with Crippen LogP contribution < -0.4 is 4.74 Å². The van der Waals surface area contributed by atoms with Gasteiger partial charge in [-0.25, -0.2) is 8.42 Å². The van der Waals surface area contributed by atoms with E-state index in [1.54, 1.807) is 29.2 Å². The highest BCUT2D eigenvalue weighted by Gasteiger charge is 2.30. The Morgan fingerprint density at radius 1 is 1.12 bits per heavy atom. The lowest BCUT2D eigenvalue weighted by Gasteiger charge is -2.34. The largest absolute Gasteiger partial charge is 0.494 e. The molecule has 1 aliphatic rings. The van der Waals surface area contributed by atoms with Gasteiger partial charge in [0, 0.05) is 32.6 Å². The Labute approximate surface area is 144 Å². The van der Waals surface area contributed by atoms with Crippen molar-refractivity contribution in [2.75, 3.05) is 32.8 Å². The summed E-state index contributed by atoms with van der Waals surface area (Å²) in [5.74, 6) is 1.06. The summed E-state index contributed by atoms with van der Waals surface area (Å²) in [4.78, 5) is 14.1. The lowest BCUT2D eigenvalue weighted by Crippen LogP contribution is -2.50. The molecule has 0 spiro atoms. The molecule has 1 aliphatic heterocycles. The van der Waals surface area contributed by atoms with Gasteiger partial charge in [-0.15, -0.1) is 0 Å². The molecule has 0 N–H and O–H groups in total. The number of amides is 1. The molecule has 0 unspecified atom stereocenters. The van der Waals surface area contributed by atoms with Crippen LogP contribution in [-0.4, -0.2) is 56.3 Å². The molecule has 0 aromatic heterocycles. The topological polar surface area (TPSA) is 66.9 Å². The minimum atomic E-state index is -3.53. The van der Waals surface area contributed by atoms with Gasteiger partial charge in [0.05, 0.1) is 11.5 Å². The Morgan fingerprint density at radius 2 is 1.71 bits per heavy atom. The van der Waals surface area contributed by atoms with E-state index in [1.165, 1.54) is 4.31 Å². The SMILES string of the molecule is CCOc1ccc(S(=O)(=O)N2CCN(C(=O)CC(C)C)CC2)cc1. The number of hydrogen-bond acceptors (Lipinski definition) is 4. The zero-order chi connectivity index (χ0) is 17.7. The van der Waals surface area contributed by atoms with Gasteiger partial charge in [0.1, 0.15) is 5.75 Å². The van der Waals surface area contributed by atoms with Crippen molar-refractivity contribution in [3.63, 3.8) is 0 Å². The van der Waals surface area contributed by atoms with Gasteiger partial charge >= 0.3 is 0 Å². The summed E-state index contributed by atoms with van der Waals surface area (Å²) in [5, 5.41) is 0. The summed E-state index contributed by atoms with van der Waals surface area (Å²) in [6, 6.07) is 6.46. The first kappa shape index (κ1) is 18.7. The number of benzene rings is 1. The van der Waals surface area contributed by atoms with Crippen molar-refractivity contribution in [3.8, 4) is 5.75 Å². The van der Waals surface area contributed by atoms with Gasteiger partial charge in [-0.3, -0.25) is 4.79 Å². The minimum absolute atomic E-state index is 0.100. The Kier molecular flexibility index (Phi) is 6.23. The van der Waals surface area contributed by atoms with Gasteiger partial charge in [0.25, 0.3) is 0 Å². The van der Waals surface area contributed by atoms with Gasteiger partial charge in [0.15, 0.2) is 0 Å². The molecule has 0 aliphatic carbocycles. The maximum absolute atomic E-state index is 12.7. The number of piperazine rings is 1. The third-order valence-corrected chi connectivity index (χ3v) is 5.86. The van der Waals surface area contributed by atoms with E-state index < -0.39 is 10.0 Å². The van der Waals surface area contributed by atoms with Crippen LogP contribution in [0.1, 0.15) is 27.2 Å². The average Bonchev–Trinajstić information content (AvgIpc) is 2.55. The van der Waals surface area contributed by atoms with Crippen LogP contribution in [0, 0.1) is 5.92 Å². The Bertz CT molecular complexity index is 648. The predicted octanol–water partition coefficient (Wildman–Crippen LogP) is 1.96. The summed E-state index contributed by atoms with van der Waals surface area (Å²) >= 11 is 0. The quantitative estimate of drug-likeness (QED) is 0.783. The Hall–Kier alpha value is -1.60. The van der Waals surface area contributed by atoms with Crippen molar-refractivity contribution >= 4 is 15.9 Å². The van der Waals surface area contributed by atoms with Crippen LogP contribution in [0.5, 0.6) is 5.75 Å². The molecule has 0 bridgehead atoms. The molecular weight excluding hydrogens is 328 g/mol. The molecule has 1 saturated heterocycles. The predicted molar refractivity (Wildman–Crippen MR) is 92.4 cm³/mol. The molecule has 1 aromatic rings. The molecule has 1 fully saturated rings. The summed E-state index contributed by atoms with van der Waals surface area (Å²) < 4.78 is 32.2. The van der Waals surface area contributed by atoms with Crippen molar-refractivity contribution in [2.24, 2.45) is 5.92 Å². The van der Waals surface area contributed by atoms with Crippen LogP contribution in [0.3, 0.4) is 0 Å². The van der Waals surface area contributed by atoms with E-state index in [-0.39, 0.29) is 10.8 Å². The maximum atomic E-state index is 12.7. The fourth-order valence-electron chi connectivity index (χ4n) is 2.68. The highest BCUT2D eigenvalue weighted by Crippen LogP contribution is 2.21. The van der Waals surface area contributed by atoms with Crippen molar-refractivity contribution in [1.29, 1.82) is 0 Å². The molecule has 0 radical (unpaired) electrons. The zero-order valence-corrected chi connectivity index (χ0v) is 15.4. The molecule has 134 valence electrons. The van der Waals surface area contributed by atoms with Crippen LogP contribution in [0.25, 0.3) is 0 Å². The van der Waals surface area contributed by atoms with Crippen LogP contribution in [0.15, 0.2) is 29.2 Å². The molecular formula is C17H26N2O4S. The van der Waals surface area contributed by atoms with Gasteiger partial charge < -0.3 is 9.64 Å². The molecule has 0 saturated carbocycles. The highest BCUT2D eigenvalue weighted by atomic mass is 32.2. The van der Waals surface area contributed by atoms with E-state index >= 15 is 0 Å². The first-order chi connectivity index (χ1) is 11.3. The Morgan fingerprint density at radius 3 is 2.21 bits per heavy atom.